The maximum Gasteiger partial charge on any atom is 0.00678 e. The summed E-state index contributed by atoms with van der Waals surface area (Å²) in [4.78, 5) is 0. The molecule has 1 aliphatic heterocycles. The second kappa shape index (κ2) is 2.98. The summed E-state index contributed by atoms with van der Waals surface area (Å²) in [5, 5.41) is 1.21. The van der Waals surface area contributed by atoms with E-state index in [0.29, 0.717) is 0 Å². The predicted octanol–water partition coefficient (Wildman–Crippen LogP) is 2.13. The summed E-state index contributed by atoms with van der Waals surface area (Å²) in [6.07, 6.45) is 1.43. The van der Waals surface area contributed by atoms with Gasteiger partial charge in [0.05, 0.1) is 0 Å². The average Bonchev–Trinajstić information content (AvgIpc) is 2.14. The molecule has 0 radical (unpaired) electrons. The minimum absolute atomic E-state index is 0.977. The van der Waals surface area contributed by atoms with E-state index in [4.69, 9.17) is 0 Å². The molecular weight excluding hydrogens is 172 g/mol. The van der Waals surface area contributed by atoms with Gasteiger partial charge < -0.3 is 0 Å². The van der Waals surface area contributed by atoms with Crippen LogP contribution in [0.1, 0.15) is 6.42 Å². The standard InChI is InChI=1S/C5H9BrS/c6-3-5-1-2-7-4-5/h5H,1-4H2/t5-/m1/s1. The largest absolute Gasteiger partial charge is 0.162 e. The first-order chi connectivity index (χ1) is 3.43. The Morgan fingerprint density at radius 2 is 2.57 bits per heavy atom. The van der Waals surface area contributed by atoms with Gasteiger partial charge in [0.25, 0.3) is 0 Å². The van der Waals surface area contributed by atoms with Crippen LogP contribution in [0.2, 0.25) is 0 Å². The third kappa shape index (κ3) is 1.65. The number of halogens is 1. The molecule has 0 aliphatic carbocycles. The van der Waals surface area contributed by atoms with Gasteiger partial charge >= 0.3 is 0 Å². The van der Waals surface area contributed by atoms with Crippen molar-refractivity contribution in [1.29, 1.82) is 0 Å². The van der Waals surface area contributed by atoms with Gasteiger partial charge in [0.15, 0.2) is 0 Å². The molecular formula is C5H9BrS. The summed E-state index contributed by atoms with van der Waals surface area (Å²) in [6.45, 7) is 0. The fourth-order valence-electron chi connectivity index (χ4n) is 0.705. The number of alkyl halides is 1. The molecule has 1 atom stereocenters. The van der Waals surface area contributed by atoms with Gasteiger partial charge in [-0.25, -0.2) is 0 Å². The van der Waals surface area contributed by atoms with Gasteiger partial charge in [-0.3, -0.25) is 0 Å². The highest BCUT2D eigenvalue weighted by atomic mass is 79.9. The van der Waals surface area contributed by atoms with Crippen molar-refractivity contribution in [3.8, 4) is 0 Å². The topological polar surface area (TPSA) is 0 Å². The number of hydrogen-bond acceptors (Lipinski definition) is 1. The smallest absolute Gasteiger partial charge is 0.00678 e. The average molecular weight is 181 g/mol. The number of hydrogen-bond donors (Lipinski definition) is 0. The minimum Gasteiger partial charge on any atom is -0.162 e. The van der Waals surface area contributed by atoms with E-state index in [1.165, 1.54) is 23.3 Å². The molecule has 0 aromatic rings. The molecule has 1 aliphatic rings. The molecule has 0 N–H and O–H groups in total. The van der Waals surface area contributed by atoms with Crippen molar-refractivity contribution in [2.45, 2.75) is 6.42 Å². The molecule has 0 bridgehead atoms. The van der Waals surface area contributed by atoms with Crippen molar-refractivity contribution in [1.82, 2.24) is 0 Å². The van der Waals surface area contributed by atoms with Crippen LogP contribution in [-0.4, -0.2) is 16.8 Å². The Labute approximate surface area is 57.2 Å². The molecule has 0 aromatic carbocycles. The third-order valence-corrected chi connectivity index (χ3v) is 3.39. The van der Waals surface area contributed by atoms with E-state index in [-0.39, 0.29) is 0 Å². The Morgan fingerprint density at radius 1 is 1.71 bits per heavy atom. The molecule has 1 rings (SSSR count). The van der Waals surface area contributed by atoms with Gasteiger partial charge in [-0.05, 0) is 23.8 Å². The first-order valence-corrected chi connectivity index (χ1v) is 4.85. The molecule has 7 heavy (non-hydrogen) atoms. The number of rotatable bonds is 1. The van der Waals surface area contributed by atoms with E-state index in [1.54, 1.807) is 0 Å². The molecule has 1 saturated heterocycles. The van der Waals surface area contributed by atoms with Gasteiger partial charge in [0.1, 0.15) is 0 Å². The Balaban J connectivity index is 2.14. The van der Waals surface area contributed by atoms with Gasteiger partial charge in [0.2, 0.25) is 0 Å². The van der Waals surface area contributed by atoms with Crippen LogP contribution in [0.25, 0.3) is 0 Å². The summed E-state index contributed by atoms with van der Waals surface area (Å²) in [7, 11) is 0. The van der Waals surface area contributed by atoms with Crippen molar-refractivity contribution in [3.63, 3.8) is 0 Å². The van der Waals surface area contributed by atoms with Crippen LogP contribution in [0, 0.1) is 5.92 Å². The number of thioether (sulfide) groups is 1. The van der Waals surface area contributed by atoms with Gasteiger partial charge in [-0.15, -0.1) is 0 Å². The highest BCUT2D eigenvalue weighted by molar-refractivity contribution is 9.09. The molecule has 0 saturated carbocycles. The maximum atomic E-state index is 3.46. The zero-order valence-electron chi connectivity index (χ0n) is 4.19. The lowest BCUT2D eigenvalue weighted by Crippen LogP contribution is -1.96. The van der Waals surface area contributed by atoms with E-state index in [1.807, 2.05) is 0 Å². The molecule has 0 nitrogen and oxygen atoms in total. The van der Waals surface area contributed by atoms with Crippen molar-refractivity contribution in [2.75, 3.05) is 16.8 Å². The zero-order valence-corrected chi connectivity index (χ0v) is 6.59. The second-order valence-corrected chi connectivity index (χ2v) is 3.68. The molecule has 0 amide bonds. The first-order valence-electron chi connectivity index (χ1n) is 2.57. The van der Waals surface area contributed by atoms with Crippen LogP contribution >= 0.6 is 27.7 Å². The lowest BCUT2D eigenvalue weighted by atomic mass is 10.2. The Morgan fingerprint density at radius 3 is 2.86 bits per heavy atom. The fraction of sp³-hybridized carbons (Fsp3) is 1.00. The molecule has 1 fully saturated rings. The van der Waals surface area contributed by atoms with Gasteiger partial charge in [-0.2, -0.15) is 11.8 Å². The molecule has 2 heteroatoms. The summed E-state index contributed by atoms with van der Waals surface area (Å²) in [5.74, 6) is 3.74. The SMILES string of the molecule is BrC[C@H]1CCSC1. The van der Waals surface area contributed by atoms with Crippen LogP contribution in [0.4, 0.5) is 0 Å². The highest BCUT2D eigenvalue weighted by Gasteiger charge is 2.12. The van der Waals surface area contributed by atoms with E-state index < -0.39 is 0 Å². The molecule has 0 spiro atoms. The zero-order chi connectivity index (χ0) is 5.11. The van der Waals surface area contributed by atoms with Gasteiger partial charge in [-0.1, -0.05) is 15.9 Å². The summed E-state index contributed by atoms with van der Waals surface area (Å²) >= 11 is 5.54. The van der Waals surface area contributed by atoms with E-state index in [2.05, 4.69) is 27.7 Å². The molecule has 42 valence electrons. The van der Waals surface area contributed by atoms with Crippen LogP contribution < -0.4 is 0 Å². The minimum atomic E-state index is 0.977. The molecule has 0 unspecified atom stereocenters. The predicted molar refractivity (Wildman–Crippen MR) is 39.2 cm³/mol. The van der Waals surface area contributed by atoms with Crippen molar-refractivity contribution in [2.24, 2.45) is 5.92 Å². The van der Waals surface area contributed by atoms with E-state index in [9.17, 15) is 0 Å². The molecule has 0 aromatic heterocycles. The lowest BCUT2D eigenvalue weighted by molar-refractivity contribution is 0.685. The summed E-state index contributed by atoms with van der Waals surface area (Å²) in [5.41, 5.74) is 0. The van der Waals surface area contributed by atoms with Crippen molar-refractivity contribution < 1.29 is 0 Å². The normalized spacial score (nSPS) is 31.3. The van der Waals surface area contributed by atoms with Crippen molar-refractivity contribution in [3.05, 3.63) is 0 Å². The van der Waals surface area contributed by atoms with Crippen LogP contribution in [0.15, 0.2) is 0 Å². The Kier molecular flexibility index (Phi) is 2.53. The first kappa shape index (κ1) is 5.96. The highest BCUT2D eigenvalue weighted by Crippen LogP contribution is 2.24. The quantitative estimate of drug-likeness (QED) is 0.558. The van der Waals surface area contributed by atoms with Crippen molar-refractivity contribution >= 4 is 27.7 Å². The second-order valence-electron chi connectivity index (χ2n) is 1.88. The Hall–Kier alpha value is 0.830. The third-order valence-electron chi connectivity index (χ3n) is 1.24. The maximum absolute atomic E-state index is 3.46. The summed E-state index contributed by atoms with van der Waals surface area (Å²) < 4.78 is 0. The van der Waals surface area contributed by atoms with Gasteiger partial charge in [0, 0.05) is 5.33 Å². The van der Waals surface area contributed by atoms with E-state index in [0.717, 1.165) is 5.92 Å². The van der Waals surface area contributed by atoms with Crippen LogP contribution in [-0.2, 0) is 0 Å². The fourth-order valence-corrected chi connectivity index (χ4v) is 2.85. The molecule has 1 heterocycles. The lowest BCUT2D eigenvalue weighted by Gasteiger charge is -1.97. The Bertz CT molecular complexity index is 50.0. The van der Waals surface area contributed by atoms with E-state index >= 15 is 0 Å². The van der Waals surface area contributed by atoms with Crippen LogP contribution in [0.5, 0.6) is 0 Å². The summed E-state index contributed by atoms with van der Waals surface area (Å²) in [6, 6.07) is 0. The monoisotopic (exact) mass is 180 g/mol. The van der Waals surface area contributed by atoms with Crippen LogP contribution in [0.3, 0.4) is 0 Å².